The lowest BCUT2D eigenvalue weighted by Crippen LogP contribution is -2.15. The van der Waals surface area contributed by atoms with Gasteiger partial charge in [0.2, 0.25) is 0 Å². The number of hydrogen-bond donors (Lipinski definition) is 0. The molecule has 1 aromatic rings. The number of carbonyl (C=O) groups excluding carboxylic acids is 1. The molecule has 0 aromatic heterocycles. The Morgan fingerprint density at radius 1 is 1.43 bits per heavy atom. The minimum atomic E-state index is 0.234. The van der Waals surface area contributed by atoms with E-state index in [0.717, 1.165) is 12.8 Å². The fourth-order valence-corrected chi connectivity index (χ4v) is 2.61. The molecule has 0 aliphatic heterocycles. The third-order valence-electron chi connectivity index (χ3n) is 3.34. The van der Waals surface area contributed by atoms with Gasteiger partial charge in [0, 0.05) is 5.92 Å². The van der Waals surface area contributed by atoms with Crippen LogP contribution in [0, 0.1) is 5.92 Å². The fraction of sp³-hybridized carbons (Fsp3) is 0.462. The summed E-state index contributed by atoms with van der Waals surface area (Å²) < 4.78 is 0. The molecule has 14 heavy (non-hydrogen) atoms. The van der Waals surface area contributed by atoms with Crippen LogP contribution in [0.5, 0.6) is 0 Å². The average Bonchev–Trinajstić information content (AvgIpc) is 2.56. The van der Waals surface area contributed by atoms with Crippen LogP contribution in [0.4, 0.5) is 0 Å². The number of rotatable bonds is 2. The van der Waals surface area contributed by atoms with Gasteiger partial charge < -0.3 is 0 Å². The third kappa shape index (κ3) is 1.37. The Labute approximate surface area is 85.1 Å². The van der Waals surface area contributed by atoms with Gasteiger partial charge in [-0.1, -0.05) is 31.2 Å². The van der Waals surface area contributed by atoms with E-state index in [1.165, 1.54) is 11.1 Å². The van der Waals surface area contributed by atoms with Crippen molar-refractivity contribution in [2.45, 2.75) is 32.6 Å². The van der Waals surface area contributed by atoms with E-state index in [2.05, 4.69) is 31.2 Å². The molecular formula is C13H16O. The van der Waals surface area contributed by atoms with Crippen molar-refractivity contribution >= 4 is 5.78 Å². The van der Waals surface area contributed by atoms with Crippen LogP contribution in [-0.4, -0.2) is 5.78 Å². The highest BCUT2D eigenvalue weighted by molar-refractivity contribution is 5.80. The summed E-state index contributed by atoms with van der Waals surface area (Å²) in [5.41, 5.74) is 2.77. The van der Waals surface area contributed by atoms with E-state index < -0.39 is 0 Å². The van der Waals surface area contributed by atoms with Crippen LogP contribution >= 0.6 is 0 Å². The van der Waals surface area contributed by atoms with Crippen molar-refractivity contribution in [3.63, 3.8) is 0 Å². The van der Waals surface area contributed by atoms with E-state index in [1.54, 1.807) is 6.92 Å². The lowest BCUT2D eigenvalue weighted by atomic mass is 9.88. The molecule has 74 valence electrons. The van der Waals surface area contributed by atoms with Crippen LogP contribution < -0.4 is 0 Å². The molecule has 0 saturated carbocycles. The van der Waals surface area contributed by atoms with E-state index in [0.29, 0.717) is 11.7 Å². The summed E-state index contributed by atoms with van der Waals surface area (Å²) in [5.74, 6) is 1.04. The summed E-state index contributed by atoms with van der Waals surface area (Å²) in [6, 6.07) is 8.46. The number of carbonyl (C=O) groups is 1. The van der Waals surface area contributed by atoms with Gasteiger partial charge in [0.25, 0.3) is 0 Å². The van der Waals surface area contributed by atoms with Gasteiger partial charge in [0.1, 0.15) is 5.78 Å². The molecule has 1 aliphatic carbocycles. The minimum Gasteiger partial charge on any atom is -0.300 e. The van der Waals surface area contributed by atoms with Gasteiger partial charge in [-0.15, -0.1) is 0 Å². The second-order valence-corrected chi connectivity index (χ2v) is 4.13. The highest BCUT2D eigenvalue weighted by Gasteiger charge is 2.33. The Bertz CT molecular complexity index is 354. The normalized spacial score (nSPS) is 24.7. The summed E-state index contributed by atoms with van der Waals surface area (Å²) in [6.45, 7) is 3.89. The van der Waals surface area contributed by atoms with E-state index in [1.807, 2.05) is 0 Å². The molecule has 1 aromatic carbocycles. The molecule has 0 spiro atoms. The van der Waals surface area contributed by atoms with Crippen LogP contribution in [-0.2, 0) is 11.2 Å². The predicted octanol–water partition coefficient (Wildman–Crippen LogP) is 2.94. The Hall–Kier alpha value is -1.11. The molecule has 0 heterocycles. The smallest absolute Gasteiger partial charge is 0.133 e. The highest BCUT2D eigenvalue weighted by atomic mass is 16.1. The molecule has 2 atom stereocenters. The summed E-state index contributed by atoms with van der Waals surface area (Å²) in [4.78, 5) is 11.5. The average molecular weight is 188 g/mol. The molecule has 0 amide bonds. The number of fused-ring (bicyclic) bond motifs is 1. The maximum Gasteiger partial charge on any atom is 0.133 e. The molecule has 2 unspecified atom stereocenters. The van der Waals surface area contributed by atoms with E-state index in [9.17, 15) is 4.79 Å². The second kappa shape index (κ2) is 3.56. The minimum absolute atomic E-state index is 0.234. The lowest BCUT2D eigenvalue weighted by Gasteiger charge is -2.15. The molecule has 1 aliphatic rings. The summed E-state index contributed by atoms with van der Waals surface area (Å²) in [7, 11) is 0. The molecule has 0 saturated heterocycles. The molecule has 0 fully saturated rings. The first kappa shape index (κ1) is 9.45. The zero-order valence-corrected chi connectivity index (χ0v) is 8.79. The third-order valence-corrected chi connectivity index (χ3v) is 3.34. The first-order valence-electron chi connectivity index (χ1n) is 5.32. The van der Waals surface area contributed by atoms with Gasteiger partial charge >= 0.3 is 0 Å². The van der Waals surface area contributed by atoms with Gasteiger partial charge in [-0.2, -0.15) is 0 Å². The molecule has 1 nitrogen and oxygen atoms in total. The predicted molar refractivity (Wildman–Crippen MR) is 57.3 cm³/mol. The Morgan fingerprint density at radius 3 is 2.79 bits per heavy atom. The van der Waals surface area contributed by atoms with Crippen molar-refractivity contribution in [3.05, 3.63) is 35.4 Å². The van der Waals surface area contributed by atoms with Crippen LogP contribution in [0.15, 0.2) is 24.3 Å². The van der Waals surface area contributed by atoms with Gasteiger partial charge in [-0.25, -0.2) is 0 Å². The molecule has 1 heteroatoms. The second-order valence-electron chi connectivity index (χ2n) is 4.13. The van der Waals surface area contributed by atoms with E-state index in [-0.39, 0.29) is 5.92 Å². The molecule has 2 rings (SSSR count). The van der Waals surface area contributed by atoms with Crippen molar-refractivity contribution in [3.8, 4) is 0 Å². The monoisotopic (exact) mass is 188 g/mol. The van der Waals surface area contributed by atoms with Gasteiger partial charge in [0.15, 0.2) is 0 Å². The van der Waals surface area contributed by atoms with Crippen molar-refractivity contribution < 1.29 is 4.79 Å². The Morgan fingerprint density at radius 2 is 2.14 bits per heavy atom. The van der Waals surface area contributed by atoms with Crippen molar-refractivity contribution in [2.24, 2.45) is 5.92 Å². The van der Waals surface area contributed by atoms with Crippen LogP contribution in [0.25, 0.3) is 0 Å². The first-order chi connectivity index (χ1) is 6.74. The highest BCUT2D eigenvalue weighted by Crippen LogP contribution is 2.40. The van der Waals surface area contributed by atoms with Crippen LogP contribution in [0.2, 0.25) is 0 Å². The SMILES string of the molecule is CCC1c2ccccc2CC1C(C)=O. The first-order valence-corrected chi connectivity index (χ1v) is 5.32. The largest absolute Gasteiger partial charge is 0.300 e. The number of ketones is 1. The zero-order valence-electron chi connectivity index (χ0n) is 8.79. The van der Waals surface area contributed by atoms with Gasteiger partial charge in [0.05, 0.1) is 0 Å². The number of benzene rings is 1. The molecular weight excluding hydrogens is 172 g/mol. The number of Topliss-reactive ketones (excluding diaryl/α,β-unsaturated/α-hetero) is 1. The molecule has 0 radical (unpaired) electrons. The summed E-state index contributed by atoms with van der Waals surface area (Å²) in [6.07, 6.45) is 2.02. The van der Waals surface area contributed by atoms with Crippen LogP contribution in [0.3, 0.4) is 0 Å². The van der Waals surface area contributed by atoms with E-state index in [4.69, 9.17) is 0 Å². The van der Waals surface area contributed by atoms with Crippen LogP contribution in [0.1, 0.15) is 37.3 Å². The lowest BCUT2D eigenvalue weighted by molar-refractivity contribution is -0.121. The van der Waals surface area contributed by atoms with Crippen molar-refractivity contribution in [1.29, 1.82) is 0 Å². The van der Waals surface area contributed by atoms with Gasteiger partial charge in [-0.05, 0) is 36.8 Å². The summed E-state index contributed by atoms with van der Waals surface area (Å²) >= 11 is 0. The van der Waals surface area contributed by atoms with Crippen molar-refractivity contribution in [2.75, 3.05) is 0 Å². The Balaban J connectivity index is 2.38. The van der Waals surface area contributed by atoms with Crippen molar-refractivity contribution in [1.82, 2.24) is 0 Å². The maximum atomic E-state index is 11.5. The standard InChI is InChI=1S/C13H16O/c1-3-11-12-7-5-4-6-10(12)8-13(11)9(2)14/h4-7,11,13H,3,8H2,1-2H3. The zero-order chi connectivity index (χ0) is 10.1. The molecule has 0 N–H and O–H groups in total. The van der Waals surface area contributed by atoms with Gasteiger partial charge in [-0.3, -0.25) is 4.79 Å². The Kier molecular flexibility index (Phi) is 2.40. The topological polar surface area (TPSA) is 17.1 Å². The number of hydrogen-bond acceptors (Lipinski definition) is 1. The van der Waals surface area contributed by atoms with E-state index >= 15 is 0 Å². The summed E-state index contributed by atoms with van der Waals surface area (Å²) in [5, 5.41) is 0. The molecule has 0 bridgehead atoms. The quantitative estimate of drug-likeness (QED) is 0.697. The fourth-order valence-electron chi connectivity index (χ4n) is 2.61. The maximum absolute atomic E-state index is 11.5.